The molecule has 12 heteroatoms. The van der Waals surface area contributed by atoms with Crippen LogP contribution in [-0.2, 0) is 10.9 Å². The van der Waals surface area contributed by atoms with E-state index in [1.807, 2.05) is 0 Å². The van der Waals surface area contributed by atoms with Gasteiger partial charge in [-0.05, 0) is 57.2 Å². The lowest BCUT2D eigenvalue weighted by molar-refractivity contribution is -0.143. The van der Waals surface area contributed by atoms with Crippen LogP contribution in [0.5, 0.6) is 0 Å². The molecular weight excluding hydrogens is 479 g/mol. The van der Waals surface area contributed by atoms with Crippen LogP contribution < -0.4 is 0 Å². The molecule has 2 aromatic carbocycles. The second-order valence-electron chi connectivity index (χ2n) is 8.77. The van der Waals surface area contributed by atoms with Gasteiger partial charge in [0.25, 0.3) is 0 Å². The fraction of sp³-hybridized carbons (Fsp3) is 0.208. The van der Waals surface area contributed by atoms with E-state index in [2.05, 4.69) is 15.4 Å². The Morgan fingerprint density at radius 3 is 2.28 bits per heavy atom. The average Bonchev–Trinajstić information content (AvgIpc) is 3.46. The van der Waals surface area contributed by atoms with Gasteiger partial charge in [0.05, 0.1) is 29.3 Å². The first-order valence-corrected chi connectivity index (χ1v) is 10.6. The Bertz CT molecular complexity index is 1430. The summed E-state index contributed by atoms with van der Waals surface area (Å²) in [5.74, 6) is -2.20. The van der Waals surface area contributed by atoms with Gasteiger partial charge in [-0.2, -0.15) is 18.3 Å². The lowest BCUT2D eigenvalue weighted by Gasteiger charge is -2.20. The highest BCUT2D eigenvalue weighted by atomic mass is 19.4. The minimum absolute atomic E-state index is 0.0652. The van der Waals surface area contributed by atoms with Crippen LogP contribution >= 0.6 is 0 Å². The van der Waals surface area contributed by atoms with E-state index in [1.54, 1.807) is 39.1 Å². The third-order valence-electron chi connectivity index (χ3n) is 4.91. The molecule has 36 heavy (non-hydrogen) atoms. The van der Waals surface area contributed by atoms with Gasteiger partial charge in [0, 0.05) is 5.56 Å². The van der Waals surface area contributed by atoms with Gasteiger partial charge in [-0.3, -0.25) is 0 Å². The molecule has 0 spiro atoms. The van der Waals surface area contributed by atoms with E-state index in [-0.39, 0.29) is 11.3 Å². The molecule has 0 atom stereocenters. The minimum Gasteiger partial charge on any atom is -0.478 e. The van der Waals surface area contributed by atoms with Crippen LogP contribution in [0.25, 0.3) is 22.6 Å². The number of aromatic nitrogens is 5. The number of nitrogens with zero attached hydrogens (tertiary/aromatic N) is 5. The Labute approximate surface area is 202 Å². The molecule has 0 amide bonds. The molecule has 0 saturated heterocycles. The second kappa shape index (κ2) is 8.95. The van der Waals surface area contributed by atoms with Gasteiger partial charge in [-0.1, -0.05) is 17.3 Å². The van der Waals surface area contributed by atoms with Crippen molar-refractivity contribution >= 4 is 11.9 Å². The molecule has 2 heterocycles. The van der Waals surface area contributed by atoms with Crippen LogP contribution in [0, 0.1) is 0 Å². The number of esters is 1. The van der Waals surface area contributed by atoms with E-state index < -0.39 is 35.0 Å². The summed E-state index contributed by atoms with van der Waals surface area (Å²) in [5.41, 5.74) is -1.31. The molecule has 0 saturated carbocycles. The molecule has 0 aliphatic carbocycles. The highest BCUT2D eigenvalue weighted by molar-refractivity contribution is 5.91. The summed E-state index contributed by atoms with van der Waals surface area (Å²) >= 11 is 0. The zero-order valence-corrected chi connectivity index (χ0v) is 19.3. The fourth-order valence-electron chi connectivity index (χ4n) is 3.38. The van der Waals surface area contributed by atoms with E-state index in [4.69, 9.17) is 9.84 Å². The lowest BCUT2D eigenvalue weighted by atomic mass is 10.1. The number of carboxylic acid groups (broad SMARTS) is 1. The standard InChI is InChI=1S/C24H20F3N5O4/c1-23(2,3)36-22(35)18-12-28-32(20(18)24(25,26)27)17-9-7-16(8-10-17)31-13-19(29-30-31)14-5-4-6-15(11-14)21(33)34/h4-13H,1-3H3,(H,33,34). The van der Waals surface area contributed by atoms with Crippen molar-refractivity contribution in [2.24, 2.45) is 0 Å². The molecule has 1 N–H and O–H groups in total. The average molecular weight is 499 g/mol. The molecule has 4 rings (SSSR count). The highest BCUT2D eigenvalue weighted by Gasteiger charge is 2.41. The molecule has 0 aliphatic rings. The number of hydrogen-bond acceptors (Lipinski definition) is 6. The van der Waals surface area contributed by atoms with Crippen LogP contribution in [0.3, 0.4) is 0 Å². The Morgan fingerprint density at radius 2 is 1.67 bits per heavy atom. The van der Waals surface area contributed by atoms with Crippen LogP contribution in [0.15, 0.2) is 60.9 Å². The fourth-order valence-corrected chi connectivity index (χ4v) is 3.38. The van der Waals surface area contributed by atoms with Gasteiger partial charge in [0.15, 0.2) is 5.69 Å². The monoisotopic (exact) mass is 499 g/mol. The van der Waals surface area contributed by atoms with Crippen LogP contribution in [0.4, 0.5) is 13.2 Å². The number of rotatable bonds is 5. The topological polar surface area (TPSA) is 112 Å². The smallest absolute Gasteiger partial charge is 0.434 e. The van der Waals surface area contributed by atoms with Gasteiger partial charge < -0.3 is 9.84 Å². The minimum atomic E-state index is -4.87. The molecular formula is C24H20F3N5O4. The number of ether oxygens (including phenoxy) is 1. The summed E-state index contributed by atoms with van der Waals surface area (Å²) in [4.78, 5) is 23.6. The van der Waals surface area contributed by atoms with Crippen molar-refractivity contribution in [1.29, 1.82) is 0 Å². The van der Waals surface area contributed by atoms with Crippen molar-refractivity contribution in [3.8, 4) is 22.6 Å². The molecule has 0 bridgehead atoms. The molecule has 2 aromatic heterocycles. The predicted octanol–water partition coefficient (Wildman–Crippen LogP) is 4.79. The molecule has 186 valence electrons. The van der Waals surface area contributed by atoms with E-state index in [9.17, 15) is 22.8 Å². The van der Waals surface area contributed by atoms with Crippen molar-refractivity contribution < 1.29 is 32.6 Å². The quantitative estimate of drug-likeness (QED) is 0.393. The number of aromatic carboxylic acids is 1. The van der Waals surface area contributed by atoms with Gasteiger partial charge in [0.1, 0.15) is 16.9 Å². The van der Waals surface area contributed by atoms with Crippen LogP contribution in [0.2, 0.25) is 0 Å². The SMILES string of the molecule is CC(C)(C)OC(=O)c1cnn(-c2ccc(-n3cc(-c4cccc(C(=O)O)c4)nn3)cc2)c1C(F)(F)F. The number of hydrogen-bond donors (Lipinski definition) is 1. The third-order valence-corrected chi connectivity index (χ3v) is 4.91. The summed E-state index contributed by atoms with van der Waals surface area (Å²) in [6.07, 6.45) is -2.47. The van der Waals surface area contributed by atoms with Gasteiger partial charge >= 0.3 is 18.1 Å². The normalized spacial score (nSPS) is 11.9. The maximum absolute atomic E-state index is 13.9. The first-order valence-electron chi connectivity index (χ1n) is 10.6. The lowest BCUT2D eigenvalue weighted by Crippen LogP contribution is -2.26. The van der Waals surface area contributed by atoms with E-state index >= 15 is 0 Å². The largest absolute Gasteiger partial charge is 0.478 e. The van der Waals surface area contributed by atoms with Gasteiger partial charge in [0.2, 0.25) is 0 Å². The molecule has 0 aliphatic heterocycles. The van der Waals surface area contributed by atoms with Crippen molar-refractivity contribution in [1.82, 2.24) is 24.8 Å². The summed E-state index contributed by atoms with van der Waals surface area (Å²) in [7, 11) is 0. The maximum atomic E-state index is 13.9. The second-order valence-corrected chi connectivity index (χ2v) is 8.77. The summed E-state index contributed by atoms with van der Waals surface area (Å²) < 4.78 is 48.8. The zero-order chi connectivity index (χ0) is 26.3. The number of halogens is 3. The highest BCUT2D eigenvalue weighted by Crippen LogP contribution is 2.34. The van der Waals surface area contributed by atoms with Crippen LogP contribution in [0.1, 0.15) is 47.2 Å². The first-order chi connectivity index (χ1) is 16.8. The van der Waals surface area contributed by atoms with Crippen molar-refractivity contribution in [2.75, 3.05) is 0 Å². The molecule has 4 aromatic rings. The number of alkyl halides is 3. The van der Waals surface area contributed by atoms with Crippen molar-refractivity contribution in [3.63, 3.8) is 0 Å². The van der Waals surface area contributed by atoms with Crippen molar-refractivity contribution in [3.05, 3.63) is 77.7 Å². The number of benzene rings is 2. The van der Waals surface area contributed by atoms with Gasteiger partial charge in [-0.25, -0.2) is 19.0 Å². The maximum Gasteiger partial charge on any atom is 0.434 e. The molecule has 0 radical (unpaired) electrons. The summed E-state index contributed by atoms with van der Waals surface area (Å²) in [6, 6.07) is 12.0. The van der Waals surface area contributed by atoms with Crippen LogP contribution in [-0.4, -0.2) is 47.4 Å². The van der Waals surface area contributed by atoms with E-state index in [0.29, 0.717) is 21.6 Å². The van der Waals surface area contributed by atoms with E-state index in [0.717, 1.165) is 6.20 Å². The molecule has 0 fully saturated rings. The number of carbonyl (C=O) groups is 2. The van der Waals surface area contributed by atoms with Crippen molar-refractivity contribution in [2.45, 2.75) is 32.5 Å². The Balaban J connectivity index is 1.65. The van der Waals surface area contributed by atoms with Gasteiger partial charge in [-0.15, -0.1) is 5.10 Å². The number of carbonyl (C=O) groups excluding carboxylic acids is 1. The zero-order valence-electron chi connectivity index (χ0n) is 19.3. The summed E-state index contributed by atoms with van der Waals surface area (Å²) in [5, 5.41) is 21.0. The Hall–Kier alpha value is -4.48. The molecule has 9 nitrogen and oxygen atoms in total. The third kappa shape index (κ3) is 5.11. The summed E-state index contributed by atoms with van der Waals surface area (Å²) in [6.45, 7) is 4.67. The predicted molar refractivity (Wildman–Crippen MR) is 121 cm³/mol. The Morgan fingerprint density at radius 1 is 1.00 bits per heavy atom. The molecule has 0 unspecified atom stereocenters. The Kier molecular flexibility index (Phi) is 6.12. The number of carboxylic acids is 1. The first kappa shape index (κ1) is 24.6. The van der Waals surface area contributed by atoms with E-state index in [1.165, 1.54) is 41.1 Å².